The third kappa shape index (κ3) is 2.50. The first-order valence-corrected chi connectivity index (χ1v) is 9.57. The molecule has 0 unspecified atom stereocenters. The molecule has 3 aromatic rings. The minimum Gasteiger partial charge on any atom is -0.369 e. The summed E-state index contributed by atoms with van der Waals surface area (Å²) in [4.78, 5) is 5.03. The van der Waals surface area contributed by atoms with Crippen LogP contribution in [0.1, 0.15) is 12.8 Å². The van der Waals surface area contributed by atoms with E-state index in [4.69, 9.17) is 4.63 Å². The van der Waals surface area contributed by atoms with Crippen LogP contribution >= 0.6 is 11.3 Å². The van der Waals surface area contributed by atoms with Gasteiger partial charge in [-0.25, -0.2) is 4.63 Å². The van der Waals surface area contributed by atoms with Gasteiger partial charge in [-0.15, -0.1) is 0 Å². The van der Waals surface area contributed by atoms with E-state index in [0.717, 1.165) is 35.7 Å². The maximum Gasteiger partial charge on any atom is 0.158 e. The average Bonchev–Trinajstić information content (AvgIpc) is 3.31. The van der Waals surface area contributed by atoms with Gasteiger partial charge in [-0.05, 0) is 76.3 Å². The minimum absolute atomic E-state index is 0.766. The van der Waals surface area contributed by atoms with E-state index in [-0.39, 0.29) is 0 Å². The molecule has 5 nitrogen and oxygen atoms in total. The third-order valence-corrected chi connectivity index (χ3v) is 5.89. The number of likely N-dealkylation sites (tertiary alicyclic amines) is 1. The van der Waals surface area contributed by atoms with Gasteiger partial charge in [0.25, 0.3) is 0 Å². The summed E-state index contributed by atoms with van der Waals surface area (Å²) in [6, 6.07) is 6.45. The van der Waals surface area contributed by atoms with E-state index < -0.39 is 0 Å². The summed E-state index contributed by atoms with van der Waals surface area (Å²) in [7, 11) is 0. The average molecular weight is 340 g/mol. The first-order valence-electron chi connectivity index (χ1n) is 8.63. The van der Waals surface area contributed by atoms with Crippen molar-refractivity contribution in [2.75, 3.05) is 37.6 Å². The molecule has 24 heavy (non-hydrogen) atoms. The van der Waals surface area contributed by atoms with Crippen LogP contribution in [-0.2, 0) is 0 Å². The van der Waals surface area contributed by atoms with E-state index in [1.807, 2.05) is 0 Å². The minimum atomic E-state index is 0.766. The zero-order chi connectivity index (χ0) is 15.9. The summed E-state index contributed by atoms with van der Waals surface area (Å²) in [5.74, 6) is 0.766. The molecule has 0 amide bonds. The highest BCUT2D eigenvalue weighted by atomic mass is 32.1. The number of fused-ring (bicyclic) bond motifs is 1. The molecule has 124 valence electrons. The summed E-state index contributed by atoms with van der Waals surface area (Å²) in [6.07, 6.45) is 2.73. The lowest BCUT2D eigenvalue weighted by atomic mass is 9.97. The Morgan fingerprint density at radius 3 is 2.79 bits per heavy atom. The van der Waals surface area contributed by atoms with Crippen molar-refractivity contribution in [1.82, 2.24) is 15.2 Å². The standard InChI is InChI=1S/C18H20N4OS/c1-2-5-21(4-1)9-13-10-22(11-13)17-8-15(14-3-6-24-12-14)7-16-18(17)20-23-19-16/h3,6-8,12-13H,1-2,4-5,9-11H2. The topological polar surface area (TPSA) is 45.4 Å². The fourth-order valence-electron chi connectivity index (χ4n) is 3.92. The molecule has 0 aliphatic carbocycles. The van der Waals surface area contributed by atoms with Crippen molar-refractivity contribution in [1.29, 1.82) is 0 Å². The van der Waals surface area contributed by atoms with E-state index in [0.29, 0.717) is 0 Å². The fourth-order valence-corrected chi connectivity index (χ4v) is 4.59. The van der Waals surface area contributed by atoms with Crippen LogP contribution < -0.4 is 4.90 Å². The summed E-state index contributed by atoms with van der Waals surface area (Å²) in [6.45, 7) is 6.00. The van der Waals surface area contributed by atoms with E-state index >= 15 is 0 Å². The SMILES string of the molecule is c1cc(-c2cc(N3CC(CN4CCCC4)C3)c3nonc3c2)cs1. The van der Waals surface area contributed by atoms with Crippen molar-refractivity contribution in [2.45, 2.75) is 12.8 Å². The quantitative estimate of drug-likeness (QED) is 0.727. The van der Waals surface area contributed by atoms with Gasteiger partial charge in [0.1, 0.15) is 5.52 Å². The number of rotatable bonds is 4. The van der Waals surface area contributed by atoms with Crippen LogP contribution in [0.15, 0.2) is 33.6 Å². The molecule has 0 bridgehead atoms. The number of anilines is 1. The van der Waals surface area contributed by atoms with Crippen LogP contribution in [0.25, 0.3) is 22.2 Å². The van der Waals surface area contributed by atoms with Gasteiger partial charge in [0.15, 0.2) is 5.52 Å². The molecule has 4 heterocycles. The molecule has 0 spiro atoms. The van der Waals surface area contributed by atoms with Crippen LogP contribution in [-0.4, -0.2) is 47.9 Å². The Morgan fingerprint density at radius 2 is 2.00 bits per heavy atom. The van der Waals surface area contributed by atoms with Crippen LogP contribution in [0, 0.1) is 5.92 Å². The van der Waals surface area contributed by atoms with Crippen LogP contribution in [0.3, 0.4) is 0 Å². The second-order valence-corrected chi connectivity index (χ2v) is 7.70. The predicted molar refractivity (Wildman–Crippen MR) is 96.5 cm³/mol. The molecule has 2 aliphatic rings. The Hall–Kier alpha value is -1.92. The van der Waals surface area contributed by atoms with Crippen molar-refractivity contribution in [3.63, 3.8) is 0 Å². The molecule has 2 aromatic heterocycles. The highest BCUT2D eigenvalue weighted by molar-refractivity contribution is 7.08. The molecule has 5 rings (SSSR count). The normalized spacial score (nSPS) is 19.2. The Morgan fingerprint density at radius 1 is 1.12 bits per heavy atom. The molecule has 2 saturated heterocycles. The zero-order valence-electron chi connectivity index (χ0n) is 13.5. The van der Waals surface area contributed by atoms with Gasteiger partial charge < -0.3 is 9.80 Å². The number of hydrogen-bond donors (Lipinski definition) is 0. The van der Waals surface area contributed by atoms with Gasteiger partial charge in [0.2, 0.25) is 0 Å². The van der Waals surface area contributed by atoms with Crippen molar-refractivity contribution in [3.05, 3.63) is 29.0 Å². The maximum atomic E-state index is 5.00. The lowest BCUT2D eigenvalue weighted by Crippen LogP contribution is -2.51. The maximum absolute atomic E-state index is 5.00. The fraction of sp³-hybridized carbons (Fsp3) is 0.444. The van der Waals surface area contributed by atoms with Crippen LogP contribution in [0.5, 0.6) is 0 Å². The smallest absolute Gasteiger partial charge is 0.158 e. The predicted octanol–water partition coefficient (Wildman–Crippen LogP) is 3.48. The number of thiophene rings is 1. The molecule has 1 aromatic carbocycles. The zero-order valence-corrected chi connectivity index (χ0v) is 14.3. The second kappa shape index (κ2) is 5.86. The van der Waals surface area contributed by atoms with E-state index in [9.17, 15) is 0 Å². The number of aromatic nitrogens is 2. The first kappa shape index (κ1) is 14.4. The Kier molecular flexibility index (Phi) is 3.52. The van der Waals surface area contributed by atoms with Gasteiger partial charge >= 0.3 is 0 Å². The lowest BCUT2D eigenvalue weighted by molar-refractivity contribution is 0.247. The van der Waals surface area contributed by atoms with Gasteiger partial charge in [-0.2, -0.15) is 11.3 Å². The van der Waals surface area contributed by atoms with Crippen molar-refractivity contribution < 1.29 is 4.63 Å². The van der Waals surface area contributed by atoms with Crippen LogP contribution in [0.4, 0.5) is 5.69 Å². The molecular formula is C18H20N4OS. The number of hydrogen-bond acceptors (Lipinski definition) is 6. The first-order chi connectivity index (χ1) is 11.9. The van der Waals surface area contributed by atoms with Crippen molar-refractivity contribution in [2.24, 2.45) is 5.92 Å². The number of nitrogens with zero attached hydrogens (tertiary/aromatic N) is 4. The van der Waals surface area contributed by atoms with Crippen molar-refractivity contribution >= 4 is 28.1 Å². The van der Waals surface area contributed by atoms with Crippen molar-refractivity contribution in [3.8, 4) is 11.1 Å². The Bertz CT molecular complexity index is 832. The number of benzene rings is 1. The molecule has 2 aliphatic heterocycles. The third-order valence-electron chi connectivity index (χ3n) is 5.21. The van der Waals surface area contributed by atoms with Gasteiger partial charge in [-0.1, -0.05) is 0 Å². The molecular weight excluding hydrogens is 320 g/mol. The lowest BCUT2D eigenvalue weighted by Gasteiger charge is -2.42. The van der Waals surface area contributed by atoms with Gasteiger partial charge in [0, 0.05) is 25.6 Å². The molecule has 2 fully saturated rings. The second-order valence-electron chi connectivity index (χ2n) is 6.92. The molecule has 6 heteroatoms. The monoisotopic (exact) mass is 340 g/mol. The highest BCUT2D eigenvalue weighted by Gasteiger charge is 2.31. The van der Waals surface area contributed by atoms with E-state index in [1.165, 1.54) is 43.6 Å². The van der Waals surface area contributed by atoms with Gasteiger partial charge in [0.05, 0.1) is 5.69 Å². The molecule has 0 atom stereocenters. The van der Waals surface area contributed by atoms with E-state index in [2.05, 4.69) is 49.1 Å². The largest absolute Gasteiger partial charge is 0.369 e. The molecule has 0 saturated carbocycles. The summed E-state index contributed by atoms with van der Waals surface area (Å²) < 4.78 is 5.00. The van der Waals surface area contributed by atoms with Crippen LogP contribution in [0.2, 0.25) is 0 Å². The molecule has 0 N–H and O–H groups in total. The van der Waals surface area contributed by atoms with Gasteiger partial charge in [-0.3, -0.25) is 0 Å². The summed E-state index contributed by atoms with van der Waals surface area (Å²) in [5, 5.41) is 12.5. The summed E-state index contributed by atoms with van der Waals surface area (Å²) >= 11 is 1.72. The Balaban J connectivity index is 1.39. The Labute approximate surface area is 144 Å². The summed E-state index contributed by atoms with van der Waals surface area (Å²) in [5.41, 5.74) is 5.32. The highest BCUT2D eigenvalue weighted by Crippen LogP contribution is 2.35. The van der Waals surface area contributed by atoms with E-state index in [1.54, 1.807) is 11.3 Å². The molecule has 0 radical (unpaired) electrons.